The number of hydrogen-bond acceptors (Lipinski definition) is 5. The van der Waals surface area contributed by atoms with Gasteiger partial charge in [0.25, 0.3) is 0 Å². The lowest BCUT2D eigenvalue weighted by molar-refractivity contribution is 0.217. The number of sulfonamides is 1. The molecule has 0 bridgehead atoms. The van der Waals surface area contributed by atoms with Crippen LogP contribution in [0.5, 0.6) is 0 Å². The maximum atomic E-state index is 11.8. The van der Waals surface area contributed by atoms with Gasteiger partial charge in [-0.05, 0) is 24.3 Å². The molecule has 0 radical (unpaired) electrons. The van der Waals surface area contributed by atoms with Crippen molar-refractivity contribution in [3.05, 3.63) is 30.5 Å². The highest BCUT2D eigenvalue weighted by Gasteiger charge is 2.13. The van der Waals surface area contributed by atoms with Gasteiger partial charge in [0.15, 0.2) is 0 Å². The lowest BCUT2D eigenvalue weighted by Crippen LogP contribution is -2.19. The lowest BCUT2D eigenvalue weighted by atomic mass is 10.1. The van der Waals surface area contributed by atoms with Gasteiger partial charge in [0, 0.05) is 18.7 Å². The van der Waals surface area contributed by atoms with Crippen LogP contribution in [0.25, 0.3) is 10.9 Å². The van der Waals surface area contributed by atoms with E-state index < -0.39 is 10.0 Å². The van der Waals surface area contributed by atoms with E-state index in [-0.39, 0.29) is 12.4 Å². The number of anilines is 2. The first-order valence-electron chi connectivity index (χ1n) is 5.66. The van der Waals surface area contributed by atoms with Crippen molar-refractivity contribution in [2.24, 2.45) is 0 Å². The molecular formula is C12H15N3O3S. The molecule has 0 aliphatic heterocycles. The van der Waals surface area contributed by atoms with Gasteiger partial charge in [-0.2, -0.15) is 0 Å². The van der Waals surface area contributed by atoms with E-state index in [4.69, 9.17) is 10.5 Å². The number of nitrogens with two attached hydrogens (primary N) is 1. The summed E-state index contributed by atoms with van der Waals surface area (Å²) in [5.41, 5.74) is 7.36. The molecule has 19 heavy (non-hydrogen) atoms. The van der Waals surface area contributed by atoms with Crippen molar-refractivity contribution in [1.82, 2.24) is 4.98 Å². The van der Waals surface area contributed by atoms with Crippen LogP contribution in [0.4, 0.5) is 11.4 Å². The molecule has 0 amide bonds. The van der Waals surface area contributed by atoms with E-state index in [9.17, 15) is 8.42 Å². The smallest absolute Gasteiger partial charge is 0.235 e. The molecule has 0 spiro atoms. The molecular weight excluding hydrogens is 266 g/mol. The molecule has 2 rings (SSSR count). The Bertz CT molecular complexity index is 686. The summed E-state index contributed by atoms with van der Waals surface area (Å²) in [6.45, 7) is 0.139. The van der Waals surface area contributed by atoms with Crippen LogP contribution in [-0.2, 0) is 14.8 Å². The molecule has 0 unspecified atom stereocenters. The first kappa shape index (κ1) is 13.6. The summed E-state index contributed by atoms with van der Waals surface area (Å²) < 4.78 is 31.0. The van der Waals surface area contributed by atoms with Crippen LogP contribution in [0.3, 0.4) is 0 Å². The summed E-state index contributed by atoms with van der Waals surface area (Å²) in [7, 11) is -1.99. The van der Waals surface area contributed by atoms with Gasteiger partial charge in [-0.3, -0.25) is 9.71 Å². The van der Waals surface area contributed by atoms with E-state index in [2.05, 4.69) is 9.71 Å². The fourth-order valence-electron chi connectivity index (χ4n) is 1.70. The van der Waals surface area contributed by atoms with Crippen molar-refractivity contribution >= 4 is 32.3 Å². The Morgan fingerprint density at radius 2 is 2.16 bits per heavy atom. The lowest BCUT2D eigenvalue weighted by Gasteiger charge is -2.11. The van der Waals surface area contributed by atoms with E-state index in [0.29, 0.717) is 22.3 Å². The van der Waals surface area contributed by atoms with Gasteiger partial charge in [-0.15, -0.1) is 0 Å². The van der Waals surface area contributed by atoms with Crippen LogP contribution >= 0.6 is 0 Å². The molecule has 3 N–H and O–H groups in total. The third-order valence-corrected chi connectivity index (χ3v) is 3.86. The van der Waals surface area contributed by atoms with Gasteiger partial charge in [0.2, 0.25) is 10.0 Å². The van der Waals surface area contributed by atoms with E-state index in [1.54, 1.807) is 30.5 Å². The monoisotopic (exact) mass is 281 g/mol. The quantitative estimate of drug-likeness (QED) is 0.803. The van der Waals surface area contributed by atoms with Crippen LogP contribution in [0.1, 0.15) is 0 Å². The second-order valence-corrected chi connectivity index (χ2v) is 5.86. The molecule has 0 aliphatic rings. The third-order valence-electron chi connectivity index (χ3n) is 2.62. The Labute approximate surface area is 111 Å². The first-order chi connectivity index (χ1) is 9.03. The number of aromatic nitrogens is 1. The summed E-state index contributed by atoms with van der Waals surface area (Å²) in [5.74, 6) is -0.102. The van der Waals surface area contributed by atoms with Crippen molar-refractivity contribution in [3.8, 4) is 0 Å². The predicted molar refractivity (Wildman–Crippen MR) is 75.4 cm³/mol. The number of hydrogen-bond donors (Lipinski definition) is 2. The molecule has 102 valence electrons. The number of methoxy groups -OCH3 is 1. The number of fused-ring (bicyclic) bond motifs is 1. The van der Waals surface area contributed by atoms with Gasteiger partial charge in [-0.25, -0.2) is 8.42 Å². The zero-order valence-electron chi connectivity index (χ0n) is 10.5. The molecule has 0 saturated carbocycles. The standard InChI is InChI=1S/C12H15N3O3S/c1-18-7-8-19(16,17)15-11-5-4-10(13)12-9(11)3-2-6-14-12/h2-6,15H,7-8,13H2,1H3. The van der Waals surface area contributed by atoms with Gasteiger partial charge in [0.05, 0.1) is 29.3 Å². The van der Waals surface area contributed by atoms with Crippen molar-refractivity contribution in [2.75, 3.05) is 29.9 Å². The Kier molecular flexibility index (Phi) is 3.87. The number of ether oxygens (including phenoxy) is 1. The van der Waals surface area contributed by atoms with Gasteiger partial charge in [0.1, 0.15) is 0 Å². The summed E-state index contributed by atoms with van der Waals surface area (Å²) >= 11 is 0. The van der Waals surface area contributed by atoms with Crippen LogP contribution in [0, 0.1) is 0 Å². The number of benzene rings is 1. The first-order valence-corrected chi connectivity index (χ1v) is 7.31. The van der Waals surface area contributed by atoms with Gasteiger partial charge >= 0.3 is 0 Å². The van der Waals surface area contributed by atoms with Crippen LogP contribution in [0.2, 0.25) is 0 Å². The third kappa shape index (κ3) is 3.12. The van der Waals surface area contributed by atoms with E-state index >= 15 is 0 Å². The summed E-state index contributed by atoms with van der Waals surface area (Å²) in [4.78, 5) is 4.15. The fraction of sp³-hybridized carbons (Fsp3) is 0.250. The highest BCUT2D eigenvalue weighted by atomic mass is 32.2. The van der Waals surface area contributed by atoms with Gasteiger partial charge in [-0.1, -0.05) is 0 Å². The van der Waals surface area contributed by atoms with Crippen molar-refractivity contribution in [2.45, 2.75) is 0 Å². The molecule has 1 heterocycles. The summed E-state index contributed by atoms with van der Waals surface area (Å²) in [5, 5.41) is 0.670. The van der Waals surface area contributed by atoms with E-state index in [0.717, 1.165) is 0 Å². The molecule has 1 aromatic heterocycles. The molecule has 1 aromatic carbocycles. The maximum absolute atomic E-state index is 11.8. The Balaban J connectivity index is 2.39. The van der Waals surface area contributed by atoms with Crippen molar-refractivity contribution < 1.29 is 13.2 Å². The maximum Gasteiger partial charge on any atom is 0.235 e. The number of nitrogens with one attached hydrogen (secondary N) is 1. The number of nitrogen functional groups attached to an aromatic ring is 1. The fourth-order valence-corrected chi connectivity index (χ4v) is 2.70. The molecule has 0 fully saturated rings. The molecule has 2 aromatic rings. The predicted octanol–water partition coefficient (Wildman–Crippen LogP) is 1.21. The number of nitrogens with zero attached hydrogens (tertiary/aromatic N) is 1. The molecule has 6 nitrogen and oxygen atoms in total. The molecule has 7 heteroatoms. The van der Waals surface area contributed by atoms with Crippen molar-refractivity contribution in [1.29, 1.82) is 0 Å². The Morgan fingerprint density at radius 3 is 2.89 bits per heavy atom. The molecule has 0 aliphatic carbocycles. The SMILES string of the molecule is COCCS(=O)(=O)Nc1ccc(N)c2ncccc12. The van der Waals surface area contributed by atoms with E-state index in [1.165, 1.54) is 7.11 Å². The minimum absolute atomic E-state index is 0.102. The normalized spacial score (nSPS) is 11.6. The molecule has 0 atom stereocenters. The van der Waals surface area contributed by atoms with Crippen LogP contribution < -0.4 is 10.5 Å². The number of rotatable bonds is 5. The number of pyridine rings is 1. The summed E-state index contributed by atoms with van der Waals surface area (Å²) in [6, 6.07) is 6.76. The highest BCUT2D eigenvalue weighted by Crippen LogP contribution is 2.27. The summed E-state index contributed by atoms with van der Waals surface area (Å²) in [6.07, 6.45) is 1.61. The Hall–Kier alpha value is -1.86. The van der Waals surface area contributed by atoms with Crippen molar-refractivity contribution in [3.63, 3.8) is 0 Å². The highest BCUT2D eigenvalue weighted by molar-refractivity contribution is 7.92. The molecule has 0 saturated heterocycles. The largest absolute Gasteiger partial charge is 0.397 e. The Morgan fingerprint density at radius 1 is 1.37 bits per heavy atom. The second kappa shape index (κ2) is 5.41. The van der Waals surface area contributed by atoms with E-state index in [1.807, 2.05) is 0 Å². The average molecular weight is 281 g/mol. The van der Waals surface area contributed by atoms with Crippen LogP contribution in [0.15, 0.2) is 30.5 Å². The average Bonchev–Trinajstić information content (AvgIpc) is 2.40. The minimum Gasteiger partial charge on any atom is -0.397 e. The minimum atomic E-state index is -3.44. The van der Waals surface area contributed by atoms with Gasteiger partial charge < -0.3 is 10.5 Å². The van der Waals surface area contributed by atoms with Crippen LogP contribution in [-0.4, -0.2) is 32.9 Å². The second-order valence-electron chi connectivity index (χ2n) is 4.02. The zero-order chi connectivity index (χ0) is 13.9. The topological polar surface area (TPSA) is 94.3 Å². The zero-order valence-corrected chi connectivity index (χ0v) is 11.3.